The van der Waals surface area contributed by atoms with Crippen LogP contribution in [-0.4, -0.2) is 27.9 Å². The summed E-state index contributed by atoms with van der Waals surface area (Å²) in [6.45, 7) is 2.10. The van der Waals surface area contributed by atoms with Gasteiger partial charge in [-0.15, -0.1) is 0 Å². The number of rotatable bonds is 5. The highest BCUT2D eigenvalue weighted by molar-refractivity contribution is 8.00. The van der Waals surface area contributed by atoms with Crippen LogP contribution in [0, 0.1) is 0 Å². The number of thioether (sulfide) groups is 1. The lowest BCUT2D eigenvalue weighted by atomic mass is 10.2. The molecule has 142 valence electrons. The summed E-state index contributed by atoms with van der Waals surface area (Å²) < 4.78 is 45.6. The van der Waals surface area contributed by atoms with E-state index in [2.05, 4.69) is 4.98 Å². The Morgan fingerprint density at radius 3 is 2.56 bits per heavy atom. The van der Waals surface area contributed by atoms with E-state index in [0.717, 1.165) is 29.5 Å². The van der Waals surface area contributed by atoms with Gasteiger partial charge in [0.1, 0.15) is 5.25 Å². The normalized spacial score (nSPS) is 12.9. The number of carbonyl (C=O) groups excluding carboxylic acids is 1. The topological polar surface area (TPSA) is 44.1 Å². The van der Waals surface area contributed by atoms with Crippen molar-refractivity contribution < 1.29 is 22.7 Å². The second kappa shape index (κ2) is 7.64. The van der Waals surface area contributed by atoms with E-state index in [1.807, 2.05) is 34.9 Å². The number of ether oxygens (including phenoxy) is 1. The van der Waals surface area contributed by atoms with E-state index in [-0.39, 0.29) is 5.52 Å². The molecule has 0 radical (unpaired) electrons. The zero-order chi connectivity index (χ0) is 19.6. The molecule has 27 heavy (non-hydrogen) atoms. The molecule has 0 saturated heterocycles. The Kier molecular flexibility index (Phi) is 5.46. The van der Waals surface area contributed by atoms with Gasteiger partial charge in [0.25, 0.3) is 0 Å². The Morgan fingerprint density at radius 2 is 1.93 bits per heavy atom. The van der Waals surface area contributed by atoms with Crippen LogP contribution in [0.5, 0.6) is 0 Å². The minimum Gasteiger partial charge on any atom is -0.468 e. The van der Waals surface area contributed by atoms with Crippen molar-refractivity contribution in [3.05, 3.63) is 59.7 Å². The number of imidazole rings is 1. The molecule has 0 saturated carbocycles. The Balaban J connectivity index is 2.07. The average molecular weight is 394 g/mol. The molecule has 0 unspecified atom stereocenters. The fourth-order valence-corrected chi connectivity index (χ4v) is 3.61. The van der Waals surface area contributed by atoms with Gasteiger partial charge in [-0.1, -0.05) is 42.1 Å². The number of methoxy groups -OCH3 is 1. The number of benzene rings is 2. The van der Waals surface area contributed by atoms with Crippen molar-refractivity contribution in [1.29, 1.82) is 0 Å². The van der Waals surface area contributed by atoms with Crippen LogP contribution in [-0.2, 0) is 22.3 Å². The van der Waals surface area contributed by atoms with Crippen molar-refractivity contribution in [3.8, 4) is 0 Å². The summed E-state index contributed by atoms with van der Waals surface area (Å²) in [4.78, 5) is 16.1. The van der Waals surface area contributed by atoms with Crippen molar-refractivity contribution in [2.24, 2.45) is 0 Å². The molecular weight excluding hydrogens is 377 g/mol. The lowest BCUT2D eigenvalue weighted by molar-refractivity contribution is -0.139. The maximum atomic E-state index is 13.0. The quantitative estimate of drug-likeness (QED) is 0.462. The molecular formula is C19H17F3N2O2S. The number of hydrogen-bond donors (Lipinski definition) is 0. The van der Waals surface area contributed by atoms with E-state index >= 15 is 0 Å². The maximum Gasteiger partial charge on any atom is 0.416 e. The molecule has 0 spiro atoms. The first-order valence-electron chi connectivity index (χ1n) is 8.15. The lowest BCUT2D eigenvalue weighted by Crippen LogP contribution is -2.15. The van der Waals surface area contributed by atoms with Crippen LogP contribution in [0.3, 0.4) is 0 Å². The Labute approximate surface area is 158 Å². The molecule has 2 aromatic carbocycles. The van der Waals surface area contributed by atoms with Crippen molar-refractivity contribution in [3.63, 3.8) is 0 Å². The van der Waals surface area contributed by atoms with Gasteiger partial charge in [0.15, 0.2) is 5.16 Å². The van der Waals surface area contributed by atoms with Gasteiger partial charge >= 0.3 is 12.1 Å². The molecule has 0 aliphatic heterocycles. The van der Waals surface area contributed by atoms with Crippen LogP contribution in [0.4, 0.5) is 13.2 Å². The maximum absolute atomic E-state index is 13.0. The van der Waals surface area contributed by atoms with Crippen molar-refractivity contribution >= 4 is 28.8 Å². The van der Waals surface area contributed by atoms with Gasteiger partial charge in [-0.05, 0) is 30.7 Å². The molecule has 0 aliphatic rings. The predicted octanol–water partition coefficient (Wildman–Crippen LogP) is 4.76. The van der Waals surface area contributed by atoms with Crippen molar-refractivity contribution in [2.75, 3.05) is 7.11 Å². The second-order valence-electron chi connectivity index (χ2n) is 5.95. The van der Waals surface area contributed by atoms with Gasteiger partial charge in [0.05, 0.1) is 30.3 Å². The van der Waals surface area contributed by atoms with E-state index in [9.17, 15) is 18.0 Å². The van der Waals surface area contributed by atoms with Crippen LogP contribution in [0.1, 0.15) is 18.1 Å². The third-order valence-electron chi connectivity index (χ3n) is 4.04. The summed E-state index contributed by atoms with van der Waals surface area (Å²) in [6.07, 6.45) is -4.44. The minimum atomic E-state index is -4.44. The summed E-state index contributed by atoms with van der Waals surface area (Å²) in [5, 5.41) is -0.0745. The Hall–Kier alpha value is -2.48. The van der Waals surface area contributed by atoms with E-state index in [4.69, 9.17) is 4.74 Å². The number of carbonyl (C=O) groups is 1. The van der Waals surface area contributed by atoms with E-state index in [1.165, 1.54) is 13.2 Å². The van der Waals surface area contributed by atoms with Gasteiger partial charge in [0, 0.05) is 0 Å². The van der Waals surface area contributed by atoms with Crippen molar-refractivity contribution in [2.45, 2.75) is 30.1 Å². The number of halogens is 3. The summed E-state index contributed by atoms with van der Waals surface area (Å²) >= 11 is 1.16. The van der Waals surface area contributed by atoms with E-state index in [0.29, 0.717) is 17.2 Å². The fourth-order valence-electron chi connectivity index (χ4n) is 2.66. The number of hydrogen-bond acceptors (Lipinski definition) is 4. The number of esters is 1. The molecule has 0 amide bonds. The largest absolute Gasteiger partial charge is 0.468 e. The zero-order valence-corrected chi connectivity index (χ0v) is 15.5. The summed E-state index contributed by atoms with van der Waals surface area (Å²) in [6, 6.07) is 13.0. The minimum absolute atomic E-state index is 0.236. The zero-order valence-electron chi connectivity index (χ0n) is 14.7. The second-order valence-corrected chi connectivity index (χ2v) is 7.26. The molecule has 0 fully saturated rings. The molecule has 0 N–H and O–H groups in total. The number of aromatic nitrogens is 2. The van der Waals surface area contributed by atoms with Crippen LogP contribution >= 0.6 is 11.8 Å². The standard InChI is InChI=1S/C19H17F3N2O2S/c1-12(17(25)26-2)27-18-23-15-10-14(19(20,21)22)8-9-16(15)24(18)11-13-6-4-3-5-7-13/h3-10,12H,11H2,1-2H3/t12-/m1/s1. The monoisotopic (exact) mass is 394 g/mol. The summed E-state index contributed by atoms with van der Waals surface area (Å²) in [5.41, 5.74) is 1.04. The SMILES string of the molecule is COC(=O)[C@@H](C)Sc1nc2cc(C(F)(F)F)ccc2n1Cc1ccccc1. The first-order valence-corrected chi connectivity index (χ1v) is 9.03. The van der Waals surface area contributed by atoms with Crippen LogP contribution in [0.15, 0.2) is 53.7 Å². The molecule has 0 bridgehead atoms. The van der Waals surface area contributed by atoms with Crippen LogP contribution in [0.25, 0.3) is 11.0 Å². The summed E-state index contributed by atoms with van der Waals surface area (Å²) in [5.74, 6) is -0.422. The van der Waals surface area contributed by atoms with E-state index in [1.54, 1.807) is 6.92 Å². The highest BCUT2D eigenvalue weighted by atomic mass is 32.2. The van der Waals surface area contributed by atoms with Gasteiger partial charge in [-0.25, -0.2) is 4.98 Å². The van der Waals surface area contributed by atoms with Gasteiger partial charge < -0.3 is 9.30 Å². The predicted molar refractivity (Wildman–Crippen MR) is 97.6 cm³/mol. The highest BCUT2D eigenvalue weighted by Gasteiger charge is 2.31. The number of nitrogens with zero attached hydrogens (tertiary/aromatic N) is 2. The molecule has 1 heterocycles. The highest BCUT2D eigenvalue weighted by Crippen LogP contribution is 2.34. The third kappa shape index (κ3) is 4.27. The van der Waals surface area contributed by atoms with Crippen LogP contribution in [0.2, 0.25) is 0 Å². The van der Waals surface area contributed by atoms with Crippen LogP contribution < -0.4 is 0 Å². The molecule has 1 atom stereocenters. The first-order chi connectivity index (χ1) is 12.8. The van der Waals surface area contributed by atoms with Crippen molar-refractivity contribution in [1.82, 2.24) is 9.55 Å². The molecule has 4 nitrogen and oxygen atoms in total. The average Bonchev–Trinajstić information content (AvgIpc) is 2.97. The fraction of sp³-hybridized carbons (Fsp3) is 0.263. The van der Waals surface area contributed by atoms with Gasteiger partial charge in [0.2, 0.25) is 0 Å². The Morgan fingerprint density at radius 1 is 1.22 bits per heavy atom. The lowest BCUT2D eigenvalue weighted by Gasteiger charge is -2.12. The number of fused-ring (bicyclic) bond motifs is 1. The summed E-state index contributed by atoms with van der Waals surface area (Å²) in [7, 11) is 1.29. The molecule has 3 aromatic rings. The van der Waals surface area contributed by atoms with Gasteiger partial charge in [-0.2, -0.15) is 13.2 Å². The first kappa shape index (κ1) is 19.3. The molecule has 8 heteroatoms. The van der Waals surface area contributed by atoms with E-state index < -0.39 is 23.0 Å². The number of alkyl halides is 3. The third-order valence-corrected chi connectivity index (χ3v) is 5.11. The molecule has 1 aromatic heterocycles. The smallest absolute Gasteiger partial charge is 0.416 e. The van der Waals surface area contributed by atoms with Gasteiger partial charge in [-0.3, -0.25) is 4.79 Å². The molecule has 3 rings (SSSR count). The Bertz CT molecular complexity index is 955. The molecule has 0 aliphatic carbocycles.